The van der Waals surface area contributed by atoms with E-state index in [2.05, 4.69) is 0 Å². The highest BCUT2D eigenvalue weighted by Gasteiger charge is 2.39. The van der Waals surface area contributed by atoms with E-state index in [1.807, 2.05) is 19.9 Å². The Morgan fingerprint density at radius 1 is 1.57 bits per heavy atom. The summed E-state index contributed by atoms with van der Waals surface area (Å²) < 4.78 is 30.7. The molecule has 1 aliphatic rings. The molecule has 0 aromatic rings. The van der Waals surface area contributed by atoms with E-state index in [9.17, 15) is 13.0 Å². The molecule has 0 aromatic heterocycles. The van der Waals surface area contributed by atoms with Gasteiger partial charge in [0.15, 0.2) is 0 Å². The van der Waals surface area contributed by atoms with Crippen molar-refractivity contribution in [1.29, 1.82) is 0 Å². The normalized spacial score (nSPS) is 27.5. The van der Waals surface area contributed by atoms with Gasteiger partial charge >= 0.3 is 0 Å². The Morgan fingerprint density at radius 2 is 2.21 bits per heavy atom. The highest BCUT2D eigenvalue weighted by atomic mass is 32.2. The fourth-order valence-corrected chi connectivity index (χ4v) is 2.68. The van der Waals surface area contributed by atoms with E-state index in [1.165, 1.54) is 0 Å². The van der Waals surface area contributed by atoms with Crippen LogP contribution in [-0.2, 0) is 10.1 Å². The zero-order valence-electron chi connectivity index (χ0n) is 8.53. The van der Waals surface area contributed by atoms with Crippen molar-refractivity contribution >= 4 is 10.1 Å². The molecule has 1 rings (SSSR count). The van der Waals surface area contributed by atoms with Gasteiger partial charge in [-0.25, -0.2) is 0 Å². The molecule has 0 saturated heterocycles. The van der Waals surface area contributed by atoms with Crippen LogP contribution in [0.25, 0.3) is 0 Å². The second-order valence-corrected chi connectivity index (χ2v) is 5.54. The molecule has 3 nitrogen and oxygen atoms in total. The average molecular weight is 216 g/mol. The smallest absolute Gasteiger partial charge is 0.274 e. The fraction of sp³-hybridized carbons (Fsp3) is 0.600. The van der Waals surface area contributed by atoms with Gasteiger partial charge in [-0.05, 0) is 19.8 Å². The number of hydrogen-bond donors (Lipinski definition) is 1. The van der Waals surface area contributed by atoms with Gasteiger partial charge in [0.25, 0.3) is 10.1 Å². The van der Waals surface area contributed by atoms with Gasteiger partial charge in [0.05, 0.1) is 0 Å². The summed E-state index contributed by atoms with van der Waals surface area (Å²) in [5, 5.41) is 0. The third-order valence-electron chi connectivity index (χ3n) is 2.61. The predicted octanol–water partition coefficient (Wildman–Crippen LogP) is 2.32. The summed E-state index contributed by atoms with van der Waals surface area (Å²) >= 11 is 0. The third-order valence-corrected chi connectivity index (χ3v) is 4.14. The highest BCUT2D eigenvalue weighted by molar-refractivity contribution is 7.87. The lowest BCUT2D eigenvalue weighted by atomic mass is 9.92. The van der Waals surface area contributed by atoms with Crippen LogP contribution < -0.4 is 0 Å². The van der Waals surface area contributed by atoms with E-state index < -0.39 is 14.9 Å². The molecule has 1 atom stereocenters. The molecular formula is C10H16O3S. The van der Waals surface area contributed by atoms with Crippen LogP contribution >= 0.6 is 0 Å². The Balaban J connectivity index is 3.05. The van der Waals surface area contributed by atoms with Crippen molar-refractivity contribution in [3.8, 4) is 0 Å². The minimum atomic E-state index is -4.00. The van der Waals surface area contributed by atoms with Crippen LogP contribution in [0, 0.1) is 0 Å². The zero-order valence-corrected chi connectivity index (χ0v) is 9.34. The molecule has 0 saturated carbocycles. The van der Waals surface area contributed by atoms with Crippen LogP contribution in [0.2, 0.25) is 0 Å². The van der Waals surface area contributed by atoms with E-state index >= 15 is 0 Å². The predicted molar refractivity (Wildman–Crippen MR) is 56.7 cm³/mol. The Hall–Kier alpha value is -0.610. The molecule has 0 fully saturated rings. The van der Waals surface area contributed by atoms with Gasteiger partial charge in [0.2, 0.25) is 0 Å². The molecule has 0 spiro atoms. The maximum Gasteiger partial charge on any atom is 0.274 e. The third kappa shape index (κ3) is 2.07. The molecule has 0 bridgehead atoms. The first-order chi connectivity index (χ1) is 6.41. The van der Waals surface area contributed by atoms with Crippen molar-refractivity contribution in [2.45, 2.75) is 37.9 Å². The average Bonchev–Trinajstić information content (AvgIpc) is 2.07. The molecule has 1 unspecified atom stereocenters. The van der Waals surface area contributed by atoms with Crippen LogP contribution in [0.1, 0.15) is 33.1 Å². The van der Waals surface area contributed by atoms with Crippen molar-refractivity contribution in [1.82, 2.24) is 0 Å². The van der Waals surface area contributed by atoms with E-state index in [0.717, 1.165) is 12.0 Å². The largest absolute Gasteiger partial charge is 0.285 e. The summed E-state index contributed by atoms with van der Waals surface area (Å²) in [6.07, 6.45) is 6.79. The van der Waals surface area contributed by atoms with Crippen molar-refractivity contribution in [2.24, 2.45) is 0 Å². The fourth-order valence-electron chi connectivity index (χ4n) is 1.68. The maximum absolute atomic E-state index is 11.3. The van der Waals surface area contributed by atoms with Crippen molar-refractivity contribution in [3.05, 3.63) is 23.8 Å². The second kappa shape index (κ2) is 3.87. The molecule has 0 heterocycles. The van der Waals surface area contributed by atoms with Gasteiger partial charge in [-0.15, -0.1) is 0 Å². The van der Waals surface area contributed by atoms with Gasteiger partial charge < -0.3 is 0 Å². The lowest BCUT2D eigenvalue weighted by molar-refractivity contribution is 0.433. The van der Waals surface area contributed by atoms with E-state index in [4.69, 9.17) is 0 Å². The Labute approximate surface area is 85.3 Å². The topological polar surface area (TPSA) is 54.4 Å². The summed E-state index contributed by atoms with van der Waals surface area (Å²) in [6, 6.07) is 0. The quantitative estimate of drug-likeness (QED) is 0.736. The number of hydrogen-bond acceptors (Lipinski definition) is 2. The molecule has 0 aromatic carbocycles. The Morgan fingerprint density at radius 3 is 2.57 bits per heavy atom. The molecule has 1 aliphatic carbocycles. The second-order valence-electron chi connectivity index (χ2n) is 3.78. The van der Waals surface area contributed by atoms with Gasteiger partial charge in [-0.3, -0.25) is 4.55 Å². The lowest BCUT2D eigenvalue weighted by Crippen LogP contribution is -2.36. The van der Waals surface area contributed by atoms with Crippen molar-refractivity contribution in [3.63, 3.8) is 0 Å². The Bertz CT molecular complexity index is 365. The van der Waals surface area contributed by atoms with Crippen LogP contribution in [0.15, 0.2) is 23.8 Å². The van der Waals surface area contributed by atoms with Crippen molar-refractivity contribution in [2.75, 3.05) is 0 Å². The zero-order chi connectivity index (χ0) is 10.8. The summed E-state index contributed by atoms with van der Waals surface area (Å²) in [7, 11) is -4.00. The summed E-state index contributed by atoms with van der Waals surface area (Å²) in [4.78, 5) is 0. The standard InChI is InChI=1S/C10H16O3S/c1-3-6-10(14(11,12)13)7-4-9(2)5-8-10/h4-5,7H,3,6,8H2,1-2H3,(H,11,12,13). The van der Waals surface area contributed by atoms with Crippen LogP contribution in [-0.4, -0.2) is 17.7 Å². The molecule has 0 radical (unpaired) electrons. The first kappa shape index (κ1) is 11.5. The maximum atomic E-state index is 11.3. The first-order valence-electron chi connectivity index (χ1n) is 4.74. The molecule has 1 N–H and O–H groups in total. The Kier molecular flexibility index (Phi) is 3.17. The van der Waals surface area contributed by atoms with Gasteiger partial charge in [-0.1, -0.05) is 37.1 Å². The minimum absolute atomic E-state index is 0.377. The van der Waals surface area contributed by atoms with Crippen LogP contribution in [0.3, 0.4) is 0 Å². The number of allylic oxidation sites excluding steroid dienone is 3. The van der Waals surface area contributed by atoms with Crippen LogP contribution in [0.4, 0.5) is 0 Å². The molecular weight excluding hydrogens is 200 g/mol. The molecule has 14 heavy (non-hydrogen) atoms. The van der Waals surface area contributed by atoms with Gasteiger partial charge in [0, 0.05) is 0 Å². The monoisotopic (exact) mass is 216 g/mol. The van der Waals surface area contributed by atoms with E-state index in [0.29, 0.717) is 12.8 Å². The first-order valence-corrected chi connectivity index (χ1v) is 6.18. The van der Waals surface area contributed by atoms with Crippen LogP contribution in [0.5, 0.6) is 0 Å². The minimum Gasteiger partial charge on any atom is -0.285 e. The summed E-state index contributed by atoms with van der Waals surface area (Å²) in [5.41, 5.74) is 1.04. The molecule has 4 heteroatoms. The molecule has 80 valence electrons. The van der Waals surface area contributed by atoms with Crippen molar-refractivity contribution < 1.29 is 13.0 Å². The van der Waals surface area contributed by atoms with E-state index in [1.54, 1.807) is 12.2 Å². The highest BCUT2D eigenvalue weighted by Crippen LogP contribution is 2.32. The SMILES string of the molecule is CCCC1(S(=O)(=O)O)C=CC(C)=CC1. The summed E-state index contributed by atoms with van der Waals surface area (Å²) in [5.74, 6) is 0. The van der Waals surface area contributed by atoms with E-state index in [-0.39, 0.29) is 0 Å². The summed E-state index contributed by atoms with van der Waals surface area (Å²) in [6.45, 7) is 3.82. The van der Waals surface area contributed by atoms with Gasteiger partial charge in [0.1, 0.15) is 4.75 Å². The lowest BCUT2D eigenvalue weighted by Gasteiger charge is -2.28. The van der Waals surface area contributed by atoms with Gasteiger partial charge in [-0.2, -0.15) is 8.42 Å². The molecule has 0 amide bonds. The number of rotatable bonds is 3. The molecule has 0 aliphatic heterocycles.